The highest BCUT2D eigenvalue weighted by atomic mass is 16.6. The molecule has 0 spiro atoms. The normalized spacial score (nSPS) is 18.2. The molecule has 0 saturated carbocycles. The molecule has 0 aromatic carbocycles. The van der Waals surface area contributed by atoms with Crippen LogP contribution in [-0.2, 0) is 19.1 Å². The van der Waals surface area contributed by atoms with Crippen LogP contribution in [0.4, 0.5) is 0 Å². The van der Waals surface area contributed by atoms with Crippen LogP contribution < -0.4 is 32.3 Å². The van der Waals surface area contributed by atoms with Crippen LogP contribution in [0, 0.1) is 0 Å². The van der Waals surface area contributed by atoms with Gasteiger partial charge in [-0.1, -0.05) is 206 Å². The van der Waals surface area contributed by atoms with E-state index < -0.39 is 49.2 Å². The molecule has 15 nitrogen and oxygen atoms in total. The Hall–Kier alpha value is -1.95. The standard InChI is InChI=1S/C59H119N7O8/c1-3-5-7-9-11-13-15-17-19-21-23-25-27-29-31-35-47-66(48-36-32-30-28-26-24-22-20-18-16-14-12-10-8-6-4-2)58(72)51(39-40-53(68)65-55-57(71)56(70)52(50-67)74-59(55)73)64-54(69)49-63-46-38-45-62-43-34-33-42-61-44-37-41-60/h51-52,55-57,59,61-63,67,70-71,73H,3-50,60H2,1-2H3,(H,64,69)(H,65,68)/t51?,52?,55?,56-,57?,59+/m1/s1. The molecule has 0 aliphatic carbocycles. The molecule has 11 N–H and O–H groups in total. The molecule has 0 aromatic heterocycles. The smallest absolute Gasteiger partial charge is 0.245 e. The number of ether oxygens (including phenoxy) is 1. The Morgan fingerprint density at radius 3 is 1.31 bits per heavy atom. The summed E-state index contributed by atoms with van der Waals surface area (Å²) in [6, 6.07) is -2.29. The van der Waals surface area contributed by atoms with Crippen LogP contribution >= 0.6 is 0 Å². The lowest BCUT2D eigenvalue weighted by Crippen LogP contribution is -2.64. The number of amides is 3. The highest BCUT2D eigenvalue weighted by Crippen LogP contribution is 2.21. The molecule has 1 fully saturated rings. The van der Waals surface area contributed by atoms with E-state index in [-0.39, 0.29) is 31.2 Å². The fraction of sp³-hybridized carbons (Fsp3) is 0.949. The Balaban J connectivity index is 2.80. The Morgan fingerprint density at radius 1 is 0.500 bits per heavy atom. The zero-order valence-corrected chi connectivity index (χ0v) is 47.9. The average molecular weight is 1050 g/mol. The maximum absolute atomic E-state index is 14.6. The summed E-state index contributed by atoms with van der Waals surface area (Å²) < 4.78 is 5.24. The minimum Gasteiger partial charge on any atom is -0.394 e. The number of unbranched alkanes of at least 4 members (excludes halogenated alkanes) is 31. The van der Waals surface area contributed by atoms with Gasteiger partial charge in [0, 0.05) is 19.5 Å². The van der Waals surface area contributed by atoms with E-state index >= 15 is 0 Å². The molecule has 74 heavy (non-hydrogen) atoms. The molecule has 438 valence electrons. The van der Waals surface area contributed by atoms with Crippen molar-refractivity contribution >= 4 is 17.7 Å². The van der Waals surface area contributed by atoms with E-state index in [9.17, 15) is 34.8 Å². The molecule has 1 rings (SSSR count). The van der Waals surface area contributed by atoms with Crippen molar-refractivity contribution in [3.63, 3.8) is 0 Å². The first-order valence-corrected chi connectivity index (χ1v) is 31.2. The molecule has 4 unspecified atom stereocenters. The van der Waals surface area contributed by atoms with Crippen LogP contribution in [0.3, 0.4) is 0 Å². The molecular formula is C59H119N7O8. The lowest BCUT2D eigenvalue weighted by Gasteiger charge is -2.40. The van der Waals surface area contributed by atoms with Crippen LogP contribution in [0.1, 0.15) is 258 Å². The maximum Gasteiger partial charge on any atom is 0.245 e. The number of nitrogens with one attached hydrogen (secondary N) is 5. The molecule has 15 heteroatoms. The highest BCUT2D eigenvalue weighted by molar-refractivity contribution is 5.89. The van der Waals surface area contributed by atoms with Gasteiger partial charge in [-0.05, 0) is 84.2 Å². The minimum atomic E-state index is -1.66. The van der Waals surface area contributed by atoms with E-state index in [0.717, 1.165) is 90.4 Å². The van der Waals surface area contributed by atoms with Crippen LogP contribution in [0.5, 0.6) is 0 Å². The fourth-order valence-electron chi connectivity index (χ4n) is 10.1. The molecule has 1 aliphatic rings. The van der Waals surface area contributed by atoms with E-state index in [0.29, 0.717) is 26.2 Å². The van der Waals surface area contributed by atoms with Gasteiger partial charge in [0.2, 0.25) is 17.7 Å². The SMILES string of the molecule is CCCCCCCCCCCCCCCCCCN(CCCCCCCCCCCCCCCCCC)C(=O)C(CCC(=O)NC1C(O)[C@H](O)C(CO)O[C@@H]1O)NC(=O)CNCCCNCCCCNCCCN. The monoisotopic (exact) mass is 1050 g/mol. The van der Waals surface area contributed by atoms with Crippen molar-refractivity contribution in [2.75, 3.05) is 65.5 Å². The summed E-state index contributed by atoms with van der Waals surface area (Å²) in [5, 5.41) is 56.6. The van der Waals surface area contributed by atoms with Crippen molar-refractivity contribution in [2.45, 2.75) is 295 Å². The largest absolute Gasteiger partial charge is 0.394 e. The first-order valence-electron chi connectivity index (χ1n) is 31.2. The summed E-state index contributed by atoms with van der Waals surface area (Å²) in [7, 11) is 0. The topological polar surface area (TPSA) is 231 Å². The third-order valence-corrected chi connectivity index (χ3v) is 14.9. The molecule has 0 aromatic rings. The van der Waals surface area contributed by atoms with Gasteiger partial charge in [-0.15, -0.1) is 0 Å². The number of rotatable bonds is 55. The zero-order valence-electron chi connectivity index (χ0n) is 47.9. The van der Waals surface area contributed by atoms with Gasteiger partial charge in [0.05, 0.1) is 13.2 Å². The van der Waals surface area contributed by atoms with Crippen molar-refractivity contribution in [2.24, 2.45) is 5.73 Å². The third-order valence-electron chi connectivity index (χ3n) is 14.9. The summed E-state index contributed by atoms with van der Waals surface area (Å²) in [5.41, 5.74) is 5.56. The predicted molar refractivity (Wildman–Crippen MR) is 305 cm³/mol. The van der Waals surface area contributed by atoms with Gasteiger partial charge in [0.15, 0.2) is 6.29 Å². The van der Waals surface area contributed by atoms with Gasteiger partial charge in [-0.25, -0.2) is 0 Å². The number of nitrogens with zero attached hydrogens (tertiary/aromatic N) is 1. The van der Waals surface area contributed by atoms with Gasteiger partial charge < -0.3 is 62.4 Å². The first kappa shape index (κ1) is 70.1. The first-order chi connectivity index (χ1) is 36.2. The second-order valence-electron chi connectivity index (χ2n) is 21.8. The van der Waals surface area contributed by atoms with Gasteiger partial charge in [0.25, 0.3) is 0 Å². The summed E-state index contributed by atoms with van der Waals surface area (Å²) >= 11 is 0. The van der Waals surface area contributed by atoms with Crippen molar-refractivity contribution in [1.29, 1.82) is 0 Å². The average Bonchev–Trinajstić information content (AvgIpc) is 3.39. The van der Waals surface area contributed by atoms with Crippen molar-refractivity contribution < 1.29 is 39.5 Å². The molecular weight excluding hydrogens is 935 g/mol. The molecule has 0 radical (unpaired) electrons. The van der Waals surface area contributed by atoms with Crippen LogP contribution in [-0.4, -0.2) is 145 Å². The number of aliphatic hydroxyl groups excluding tert-OH is 4. The molecule has 3 amide bonds. The van der Waals surface area contributed by atoms with Gasteiger partial charge in [-0.3, -0.25) is 14.4 Å². The minimum absolute atomic E-state index is 0.0128. The fourth-order valence-corrected chi connectivity index (χ4v) is 10.1. The van der Waals surface area contributed by atoms with Crippen LogP contribution in [0.25, 0.3) is 0 Å². The summed E-state index contributed by atoms with van der Waals surface area (Å²) in [4.78, 5) is 43.3. The quantitative estimate of drug-likeness (QED) is 0.0258. The van der Waals surface area contributed by atoms with Gasteiger partial charge in [0.1, 0.15) is 30.4 Å². The van der Waals surface area contributed by atoms with Crippen LogP contribution in [0.15, 0.2) is 0 Å². The summed E-state index contributed by atoms with van der Waals surface area (Å²) in [5.74, 6) is -1.10. The van der Waals surface area contributed by atoms with Crippen molar-refractivity contribution in [3.05, 3.63) is 0 Å². The van der Waals surface area contributed by atoms with Crippen molar-refractivity contribution in [1.82, 2.24) is 31.5 Å². The molecule has 1 aliphatic heterocycles. The van der Waals surface area contributed by atoms with E-state index in [1.165, 1.54) is 167 Å². The lowest BCUT2D eigenvalue weighted by atomic mass is 9.97. The molecule has 1 saturated heterocycles. The molecule has 6 atom stereocenters. The van der Waals surface area contributed by atoms with Crippen LogP contribution in [0.2, 0.25) is 0 Å². The number of nitrogens with two attached hydrogens (primary N) is 1. The van der Waals surface area contributed by atoms with Gasteiger partial charge in [-0.2, -0.15) is 0 Å². The predicted octanol–water partition coefficient (Wildman–Crippen LogP) is 8.81. The van der Waals surface area contributed by atoms with E-state index in [1.807, 2.05) is 4.90 Å². The lowest BCUT2D eigenvalue weighted by molar-refractivity contribution is -0.253. The number of hydrogen-bond donors (Lipinski definition) is 10. The Bertz CT molecular complexity index is 1240. The Morgan fingerprint density at radius 2 is 0.892 bits per heavy atom. The zero-order chi connectivity index (χ0) is 54.0. The number of carbonyl (C=O) groups excluding carboxylic acids is 3. The maximum atomic E-state index is 14.6. The highest BCUT2D eigenvalue weighted by Gasteiger charge is 2.44. The Labute approximate surface area is 453 Å². The molecule has 1 heterocycles. The third kappa shape index (κ3) is 39.4. The van der Waals surface area contributed by atoms with E-state index in [4.69, 9.17) is 10.5 Å². The second-order valence-corrected chi connectivity index (χ2v) is 21.8. The van der Waals surface area contributed by atoms with Crippen molar-refractivity contribution in [3.8, 4) is 0 Å². The van der Waals surface area contributed by atoms with Gasteiger partial charge >= 0.3 is 0 Å². The Kier molecular flexibility index (Phi) is 49.0. The summed E-state index contributed by atoms with van der Waals surface area (Å²) in [6.07, 6.45) is 38.5. The molecule has 0 bridgehead atoms. The van der Waals surface area contributed by atoms with E-state index in [2.05, 4.69) is 40.4 Å². The number of hydrogen-bond acceptors (Lipinski definition) is 12. The number of carbonyl (C=O) groups is 3. The number of aliphatic hydroxyl groups is 4. The second kappa shape index (κ2) is 51.8. The van der Waals surface area contributed by atoms with E-state index in [1.54, 1.807) is 0 Å². The summed E-state index contributed by atoms with van der Waals surface area (Å²) in [6.45, 7) is 10.2.